The van der Waals surface area contributed by atoms with Crippen LogP contribution in [-0.2, 0) is 0 Å². The molecule has 0 bridgehead atoms. The number of hydrogen-bond donors (Lipinski definition) is 1. The molecule has 0 amide bonds. The molecule has 4 heteroatoms. The summed E-state index contributed by atoms with van der Waals surface area (Å²) in [5, 5.41) is 3.87. The van der Waals surface area contributed by atoms with Crippen LogP contribution in [0.1, 0.15) is 32.1 Å². The fraction of sp³-hybridized carbons (Fsp3) is 0.692. The third kappa shape index (κ3) is 3.47. The Balaban J connectivity index is 2.11. The highest BCUT2D eigenvalue weighted by Gasteiger charge is 2.25. The molecule has 17 heavy (non-hydrogen) atoms. The molecule has 0 aromatic carbocycles. The lowest BCUT2D eigenvalue weighted by Gasteiger charge is -2.34. The maximum absolute atomic E-state index is 5.88. The molecular formula is C13H21ClN2O. The van der Waals surface area contributed by atoms with Gasteiger partial charge in [-0.2, -0.15) is 0 Å². The molecule has 0 spiro atoms. The van der Waals surface area contributed by atoms with Gasteiger partial charge in [-0.25, -0.2) is 0 Å². The molecule has 0 saturated carbocycles. The van der Waals surface area contributed by atoms with Crippen LogP contribution in [-0.4, -0.2) is 31.1 Å². The van der Waals surface area contributed by atoms with Crippen molar-refractivity contribution < 1.29 is 4.42 Å². The quantitative estimate of drug-likeness (QED) is 0.898. The molecule has 1 N–H and O–H groups in total. The first-order chi connectivity index (χ1) is 8.16. The van der Waals surface area contributed by atoms with Gasteiger partial charge in [0.2, 0.25) is 0 Å². The van der Waals surface area contributed by atoms with E-state index in [9.17, 15) is 0 Å². The van der Waals surface area contributed by atoms with Crippen molar-refractivity contribution in [3.8, 4) is 0 Å². The van der Waals surface area contributed by atoms with Crippen LogP contribution in [0.2, 0.25) is 5.22 Å². The van der Waals surface area contributed by atoms with Crippen molar-refractivity contribution in [2.75, 3.05) is 26.2 Å². The van der Waals surface area contributed by atoms with E-state index in [4.69, 9.17) is 16.0 Å². The minimum absolute atomic E-state index is 0.365. The van der Waals surface area contributed by atoms with Gasteiger partial charge in [-0.15, -0.1) is 0 Å². The first-order valence-corrected chi connectivity index (χ1v) is 6.74. The van der Waals surface area contributed by atoms with E-state index in [0.717, 1.165) is 38.4 Å². The first kappa shape index (κ1) is 12.9. The molecule has 0 radical (unpaired) electrons. The Kier molecular flexibility index (Phi) is 4.48. The van der Waals surface area contributed by atoms with Crippen molar-refractivity contribution in [1.82, 2.24) is 10.2 Å². The molecule has 1 saturated heterocycles. The number of furan rings is 1. The third-order valence-electron chi connectivity index (χ3n) is 3.21. The van der Waals surface area contributed by atoms with Crippen LogP contribution in [0.3, 0.4) is 0 Å². The fourth-order valence-corrected chi connectivity index (χ4v) is 2.54. The van der Waals surface area contributed by atoms with Gasteiger partial charge in [-0.1, -0.05) is 13.8 Å². The van der Waals surface area contributed by atoms with Gasteiger partial charge in [-0.3, -0.25) is 4.90 Å². The van der Waals surface area contributed by atoms with Crippen molar-refractivity contribution in [1.29, 1.82) is 0 Å². The van der Waals surface area contributed by atoms with Gasteiger partial charge in [0.05, 0.1) is 6.04 Å². The lowest BCUT2D eigenvalue weighted by Crippen LogP contribution is -2.45. The molecule has 2 heterocycles. The Morgan fingerprint density at radius 2 is 2.06 bits per heavy atom. The van der Waals surface area contributed by atoms with Gasteiger partial charge in [0.1, 0.15) is 5.76 Å². The Morgan fingerprint density at radius 1 is 1.35 bits per heavy atom. The van der Waals surface area contributed by atoms with E-state index < -0.39 is 0 Å². The minimum atomic E-state index is 0.365. The molecule has 96 valence electrons. The summed E-state index contributed by atoms with van der Waals surface area (Å²) in [5.74, 6) is 1.66. The highest BCUT2D eigenvalue weighted by molar-refractivity contribution is 6.28. The fourth-order valence-electron chi connectivity index (χ4n) is 2.39. The van der Waals surface area contributed by atoms with Crippen molar-refractivity contribution in [2.24, 2.45) is 5.92 Å². The normalized spacial score (nSPS) is 19.8. The molecule has 1 aliphatic heterocycles. The Hall–Kier alpha value is -0.510. The number of hydrogen-bond acceptors (Lipinski definition) is 3. The predicted octanol–water partition coefficient (Wildman–Crippen LogP) is 2.93. The van der Waals surface area contributed by atoms with Crippen molar-refractivity contribution >= 4 is 11.6 Å². The molecule has 3 nitrogen and oxygen atoms in total. The van der Waals surface area contributed by atoms with E-state index in [1.165, 1.54) is 0 Å². The molecular weight excluding hydrogens is 236 g/mol. The minimum Gasteiger partial charge on any atom is -0.448 e. The van der Waals surface area contributed by atoms with Gasteiger partial charge < -0.3 is 9.73 Å². The maximum atomic E-state index is 5.88. The summed E-state index contributed by atoms with van der Waals surface area (Å²) in [6, 6.07) is 4.22. The molecule has 0 aliphatic carbocycles. The average Bonchev–Trinajstić information content (AvgIpc) is 2.73. The summed E-state index contributed by atoms with van der Waals surface area (Å²) in [6.45, 7) is 8.77. The lowest BCUT2D eigenvalue weighted by atomic mass is 10.00. The zero-order valence-corrected chi connectivity index (χ0v) is 11.3. The summed E-state index contributed by atoms with van der Waals surface area (Å²) in [4.78, 5) is 2.49. The highest BCUT2D eigenvalue weighted by atomic mass is 35.5. The number of rotatable bonds is 4. The molecule has 1 aromatic heterocycles. The second-order valence-electron chi connectivity index (χ2n) is 5.07. The summed E-state index contributed by atoms with van der Waals surface area (Å²) < 4.78 is 5.60. The third-order valence-corrected chi connectivity index (χ3v) is 3.41. The van der Waals surface area contributed by atoms with Crippen molar-refractivity contribution in [3.05, 3.63) is 23.1 Å². The van der Waals surface area contributed by atoms with Crippen molar-refractivity contribution in [3.63, 3.8) is 0 Å². The highest BCUT2D eigenvalue weighted by Crippen LogP contribution is 2.30. The molecule has 1 aliphatic rings. The van der Waals surface area contributed by atoms with E-state index in [2.05, 4.69) is 24.1 Å². The van der Waals surface area contributed by atoms with Crippen LogP contribution in [0.4, 0.5) is 0 Å². The molecule has 1 aromatic rings. The molecule has 1 atom stereocenters. The number of halogens is 1. The Morgan fingerprint density at radius 3 is 2.59 bits per heavy atom. The Labute approximate surface area is 108 Å². The van der Waals surface area contributed by atoms with Crippen LogP contribution in [0.25, 0.3) is 0 Å². The number of nitrogens with one attached hydrogen (secondary N) is 1. The van der Waals surface area contributed by atoms with Gasteiger partial charge in [0, 0.05) is 26.2 Å². The van der Waals surface area contributed by atoms with Crippen molar-refractivity contribution in [2.45, 2.75) is 26.3 Å². The van der Waals surface area contributed by atoms with E-state index in [1.54, 1.807) is 0 Å². The summed E-state index contributed by atoms with van der Waals surface area (Å²) in [6.07, 6.45) is 1.11. The predicted molar refractivity (Wildman–Crippen MR) is 70.4 cm³/mol. The van der Waals surface area contributed by atoms with Gasteiger partial charge in [-0.05, 0) is 36.1 Å². The SMILES string of the molecule is CC(C)C[C@H](c1ccc(Cl)o1)N1CCNCC1. The van der Waals surface area contributed by atoms with Crippen LogP contribution in [0, 0.1) is 5.92 Å². The molecule has 0 unspecified atom stereocenters. The van der Waals surface area contributed by atoms with Crippen LogP contribution in [0.5, 0.6) is 0 Å². The summed E-state index contributed by atoms with van der Waals surface area (Å²) in [7, 11) is 0. The van der Waals surface area contributed by atoms with Gasteiger partial charge in [0.25, 0.3) is 0 Å². The largest absolute Gasteiger partial charge is 0.448 e. The average molecular weight is 257 g/mol. The zero-order chi connectivity index (χ0) is 12.3. The van der Waals surface area contributed by atoms with Gasteiger partial charge in [0.15, 0.2) is 5.22 Å². The number of nitrogens with zero attached hydrogens (tertiary/aromatic N) is 1. The molecule has 2 rings (SSSR count). The maximum Gasteiger partial charge on any atom is 0.193 e. The van der Waals surface area contributed by atoms with E-state index in [-0.39, 0.29) is 0 Å². The monoisotopic (exact) mass is 256 g/mol. The first-order valence-electron chi connectivity index (χ1n) is 6.37. The smallest absolute Gasteiger partial charge is 0.193 e. The van der Waals surface area contributed by atoms with Crippen LogP contribution >= 0.6 is 11.6 Å². The van der Waals surface area contributed by atoms with Gasteiger partial charge >= 0.3 is 0 Å². The standard InChI is InChI=1S/C13H21ClN2O/c1-10(2)9-11(12-3-4-13(14)17-12)16-7-5-15-6-8-16/h3-4,10-11,15H,5-9H2,1-2H3/t11-/m1/s1. The molecule has 1 fully saturated rings. The lowest BCUT2D eigenvalue weighted by molar-refractivity contribution is 0.136. The second kappa shape index (κ2) is 5.89. The number of piperazine rings is 1. The topological polar surface area (TPSA) is 28.4 Å². The Bertz CT molecular complexity index is 345. The second-order valence-corrected chi connectivity index (χ2v) is 5.45. The summed E-state index contributed by atoms with van der Waals surface area (Å²) >= 11 is 5.88. The van der Waals surface area contributed by atoms with Crippen LogP contribution in [0.15, 0.2) is 16.5 Å². The van der Waals surface area contributed by atoms with E-state index in [1.807, 2.05) is 12.1 Å². The summed E-state index contributed by atoms with van der Waals surface area (Å²) in [5.41, 5.74) is 0. The zero-order valence-electron chi connectivity index (χ0n) is 10.6. The van der Waals surface area contributed by atoms with E-state index in [0.29, 0.717) is 17.2 Å². The van der Waals surface area contributed by atoms with E-state index >= 15 is 0 Å². The van der Waals surface area contributed by atoms with Crippen LogP contribution < -0.4 is 5.32 Å².